The molecule has 1 aliphatic rings. The number of aromatic nitrogens is 2. The Morgan fingerprint density at radius 2 is 2.12 bits per heavy atom. The first-order valence-electron chi connectivity index (χ1n) is 5.84. The predicted molar refractivity (Wildman–Crippen MR) is 62.6 cm³/mol. The molecule has 0 N–H and O–H groups in total. The first-order valence-corrected chi connectivity index (χ1v) is 5.84. The second-order valence-corrected chi connectivity index (χ2v) is 4.58. The molecule has 0 radical (unpaired) electrons. The number of hydrogen-bond donors (Lipinski definition) is 0. The van der Waals surface area contributed by atoms with Gasteiger partial charge in [0.2, 0.25) is 0 Å². The molecule has 1 saturated carbocycles. The van der Waals surface area contributed by atoms with E-state index in [2.05, 4.69) is 4.98 Å². The number of imidazole rings is 1. The zero-order valence-electron chi connectivity index (χ0n) is 10.2. The van der Waals surface area contributed by atoms with Crippen LogP contribution in [-0.2, 0) is 11.8 Å². The predicted octanol–water partition coefficient (Wildman–Crippen LogP) is 1.00. The van der Waals surface area contributed by atoms with Gasteiger partial charge in [0.25, 0.3) is 5.91 Å². The quantitative estimate of drug-likeness (QED) is 0.768. The largest absolute Gasteiger partial charge is 0.337 e. The van der Waals surface area contributed by atoms with Gasteiger partial charge in [0.15, 0.2) is 0 Å². The van der Waals surface area contributed by atoms with Gasteiger partial charge in [-0.3, -0.25) is 9.59 Å². The number of carbonyl (C=O) groups is 2. The average molecular weight is 235 g/mol. The van der Waals surface area contributed by atoms with Crippen LogP contribution in [-0.4, -0.2) is 39.2 Å². The highest BCUT2D eigenvalue weighted by Crippen LogP contribution is 2.20. The van der Waals surface area contributed by atoms with Gasteiger partial charge in [-0.2, -0.15) is 0 Å². The van der Waals surface area contributed by atoms with Crippen LogP contribution in [0.15, 0.2) is 12.5 Å². The number of amides is 1. The van der Waals surface area contributed by atoms with Crippen molar-refractivity contribution in [2.75, 3.05) is 7.05 Å². The highest BCUT2D eigenvalue weighted by molar-refractivity contribution is 5.92. The molecule has 1 heterocycles. The van der Waals surface area contributed by atoms with Crippen molar-refractivity contribution in [1.29, 1.82) is 0 Å². The number of ketones is 1. The fourth-order valence-electron chi connectivity index (χ4n) is 2.22. The van der Waals surface area contributed by atoms with E-state index in [1.54, 1.807) is 36.1 Å². The lowest BCUT2D eigenvalue weighted by Gasteiger charge is -2.30. The number of hydrogen-bond acceptors (Lipinski definition) is 3. The van der Waals surface area contributed by atoms with Crippen molar-refractivity contribution >= 4 is 11.7 Å². The highest BCUT2D eigenvalue weighted by atomic mass is 16.2. The van der Waals surface area contributed by atoms with Crippen molar-refractivity contribution in [3.8, 4) is 0 Å². The third-order valence-corrected chi connectivity index (χ3v) is 3.42. The summed E-state index contributed by atoms with van der Waals surface area (Å²) in [5.74, 6) is 0.284. The Labute approximate surface area is 100 Å². The van der Waals surface area contributed by atoms with E-state index in [4.69, 9.17) is 0 Å². The summed E-state index contributed by atoms with van der Waals surface area (Å²) < 4.78 is 1.72. The molecule has 0 aliphatic heterocycles. The summed E-state index contributed by atoms with van der Waals surface area (Å²) in [6.07, 6.45) is 5.93. The topological polar surface area (TPSA) is 55.2 Å². The second kappa shape index (κ2) is 4.69. The number of rotatable bonds is 2. The molecule has 1 fully saturated rings. The molecule has 1 aromatic rings. The summed E-state index contributed by atoms with van der Waals surface area (Å²) in [4.78, 5) is 29.0. The molecule has 0 aromatic carbocycles. The van der Waals surface area contributed by atoms with Gasteiger partial charge >= 0.3 is 0 Å². The van der Waals surface area contributed by atoms with Crippen molar-refractivity contribution < 1.29 is 9.59 Å². The molecule has 0 saturated heterocycles. The Bertz CT molecular complexity index is 429. The smallest absolute Gasteiger partial charge is 0.272 e. The summed E-state index contributed by atoms with van der Waals surface area (Å²) in [5.41, 5.74) is 0.587. The van der Waals surface area contributed by atoms with Crippen molar-refractivity contribution in [3.05, 3.63) is 18.2 Å². The normalized spacial score (nSPS) is 17.2. The third-order valence-electron chi connectivity index (χ3n) is 3.42. The first-order chi connectivity index (χ1) is 8.09. The van der Waals surface area contributed by atoms with Crippen LogP contribution in [0.4, 0.5) is 0 Å². The molecule has 1 aromatic heterocycles. The van der Waals surface area contributed by atoms with Gasteiger partial charge in [0.1, 0.15) is 11.5 Å². The molecule has 5 nitrogen and oxygen atoms in total. The van der Waals surface area contributed by atoms with E-state index >= 15 is 0 Å². The van der Waals surface area contributed by atoms with E-state index in [1.807, 2.05) is 0 Å². The summed E-state index contributed by atoms with van der Waals surface area (Å²) >= 11 is 0. The molecule has 1 aliphatic carbocycles. The zero-order valence-corrected chi connectivity index (χ0v) is 10.2. The van der Waals surface area contributed by atoms with Crippen LogP contribution in [0.1, 0.15) is 36.2 Å². The monoisotopic (exact) mass is 235 g/mol. The molecule has 1 amide bonds. The number of nitrogens with zero attached hydrogens (tertiary/aromatic N) is 3. The standard InChI is InChI=1S/C12H17N3O2/c1-14-8-13-7-11(14)12(17)15(2)9-3-5-10(16)6-4-9/h7-9H,3-6H2,1-2H3. The fraction of sp³-hybridized carbons (Fsp3) is 0.583. The molecule has 5 heteroatoms. The van der Waals surface area contributed by atoms with Gasteiger partial charge in [0.05, 0.1) is 12.5 Å². The molecule has 0 unspecified atom stereocenters. The van der Waals surface area contributed by atoms with E-state index in [0.29, 0.717) is 24.3 Å². The lowest BCUT2D eigenvalue weighted by molar-refractivity contribution is -0.121. The molecular formula is C12H17N3O2. The zero-order chi connectivity index (χ0) is 12.4. The fourth-order valence-corrected chi connectivity index (χ4v) is 2.22. The van der Waals surface area contributed by atoms with Crippen molar-refractivity contribution in [2.24, 2.45) is 7.05 Å². The number of Topliss-reactive ketones (excluding diaryl/α,β-unsaturated/α-hetero) is 1. The molecule has 0 atom stereocenters. The van der Waals surface area contributed by atoms with Crippen LogP contribution in [0.5, 0.6) is 0 Å². The van der Waals surface area contributed by atoms with Gasteiger partial charge in [-0.15, -0.1) is 0 Å². The number of aryl methyl sites for hydroxylation is 1. The van der Waals surface area contributed by atoms with E-state index in [1.165, 1.54) is 0 Å². The van der Waals surface area contributed by atoms with E-state index in [0.717, 1.165) is 12.8 Å². The van der Waals surface area contributed by atoms with Gasteiger partial charge in [-0.25, -0.2) is 4.98 Å². The molecule has 17 heavy (non-hydrogen) atoms. The maximum absolute atomic E-state index is 12.2. The summed E-state index contributed by atoms with van der Waals surface area (Å²) in [7, 11) is 3.61. The highest BCUT2D eigenvalue weighted by Gasteiger charge is 2.26. The molecule has 0 spiro atoms. The minimum Gasteiger partial charge on any atom is -0.337 e. The Kier molecular flexibility index (Phi) is 3.26. The lowest BCUT2D eigenvalue weighted by atomic mass is 9.93. The van der Waals surface area contributed by atoms with Crippen LogP contribution in [0.3, 0.4) is 0 Å². The minimum atomic E-state index is -0.0238. The SMILES string of the molecule is CN(C(=O)c1cncn1C)C1CCC(=O)CC1. The van der Waals surface area contributed by atoms with Crippen LogP contribution in [0.2, 0.25) is 0 Å². The van der Waals surface area contributed by atoms with Crippen LogP contribution in [0, 0.1) is 0 Å². The Hall–Kier alpha value is -1.65. The van der Waals surface area contributed by atoms with Gasteiger partial charge in [-0.05, 0) is 12.8 Å². The van der Waals surface area contributed by atoms with Gasteiger partial charge in [0, 0.05) is 33.0 Å². The Morgan fingerprint density at radius 1 is 1.47 bits per heavy atom. The van der Waals surface area contributed by atoms with Gasteiger partial charge in [-0.1, -0.05) is 0 Å². The van der Waals surface area contributed by atoms with E-state index < -0.39 is 0 Å². The van der Waals surface area contributed by atoms with Crippen LogP contribution in [0.25, 0.3) is 0 Å². The van der Waals surface area contributed by atoms with Crippen molar-refractivity contribution in [2.45, 2.75) is 31.7 Å². The Balaban J connectivity index is 2.05. The molecule has 92 valence electrons. The second-order valence-electron chi connectivity index (χ2n) is 4.58. The van der Waals surface area contributed by atoms with E-state index in [-0.39, 0.29) is 11.9 Å². The maximum Gasteiger partial charge on any atom is 0.272 e. The molecular weight excluding hydrogens is 218 g/mol. The van der Waals surface area contributed by atoms with Crippen molar-refractivity contribution in [3.63, 3.8) is 0 Å². The maximum atomic E-state index is 12.2. The minimum absolute atomic E-state index is 0.0238. The molecule has 2 rings (SSSR count). The van der Waals surface area contributed by atoms with Crippen LogP contribution >= 0.6 is 0 Å². The third kappa shape index (κ3) is 2.38. The Morgan fingerprint density at radius 3 is 2.65 bits per heavy atom. The van der Waals surface area contributed by atoms with Crippen molar-refractivity contribution in [1.82, 2.24) is 14.5 Å². The van der Waals surface area contributed by atoms with Crippen LogP contribution < -0.4 is 0 Å². The van der Waals surface area contributed by atoms with Gasteiger partial charge < -0.3 is 9.47 Å². The summed E-state index contributed by atoms with van der Waals surface area (Å²) in [5, 5.41) is 0. The first kappa shape index (κ1) is 11.8. The average Bonchev–Trinajstić information content (AvgIpc) is 2.74. The number of carbonyl (C=O) groups excluding carboxylic acids is 2. The summed E-state index contributed by atoms with van der Waals surface area (Å²) in [6.45, 7) is 0. The molecule has 0 bridgehead atoms. The summed E-state index contributed by atoms with van der Waals surface area (Å²) in [6, 6.07) is 0.176. The lowest BCUT2D eigenvalue weighted by Crippen LogP contribution is -2.40. The van der Waals surface area contributed by atoms with E-state index in [9.17, 15) is 9.59 Å².